The third-order valence-corrected chi connectivity index (χ3v) is 6.54. The summed E-state index contributed by atoms with van der Waals surface area (Å²) in [5, 5.41) is 0. The number of carbonyl (C=O) groups excluding carboxylic acids is 1. The molecule has 170 valence electrons. The average molecular weight is 444 g/mol. The van der Waals surface area contributed by atoms with Gasteiger partial charge in [-0.2, -0.15) is 0 Å². The maximum atomic E-state index is 12.5. The van der Waals surface area contributed by atoms with Crippen LogP contribution in [-0.2, 0) is 13.0 Å². The Morgan fingerprint density at radius 1 is 0.939 bits per heavy atom. The van der Waals surface area contributed by atoms with Gasteiger partial charge in [0.05, 0.1) is 11.4 Å². The van der Waals surface area contributed by atoms with Crippen LogP contribution >= 0.6 is 0 Å². The lowest BCUT2D eigenvalue weighted by atomic mass is 9.90. The minimum Gasteiger partial charge on any atom is -0.454 e. The van der Waals surface area contributed by atoms with Crippen LogP contribution in [0.3, 0.4) is 0 Å². The molecule has 3 aromatic rings. The number of benzene rings is 3. The van der Waals surface area contributed by atoms with Gasteiger partial charge in [0.25, 0.3) is 0 Å². The molecule has 3 aromatic carbocycles. The van der Waals surface area contributed by atoms with Gasteiger partial charge in [-0.3, -0.25) is 9.80 Å². The van der Waals surface area contributed by atoms with E-state index in [0.717, 1.165) is 43.2 Å². The molecule has 0 radical (unpaired) electrons. The Hall–Kier alpha value is -3.51. The SMILES string of the molecule is NC(=O)N(c1ccc2c(c1)OCO2)c1ccccc1CN1CCC(Cc2ccccc2)CC1. The van der Waals surface area contributed by atoms with Crippen LogP contribution in [0.2, 0.25) is 0 Å². The number of likely N-dealkylation sites (tertiary alicyclic amines) is 1. The molecule has 2 amide bonds. The Morgan fingerprint density at radius 2 is 1.67 bits per heavy atom. The molecule has 1 saturated heterocycles. The van der Waals surface area contributed by atoms with Gasteiger partial charge < -0.3 is 15.2 Å². The van der Waals surface area contributed by atoms with E-state index < -0.39 is 6.03 Å². The number of carbonyl (C=O) groups is 1. The second-order valence-corrected chi connectivity index (χ2v) is 8.75. The number of piperidine rings is 1. The second kappa shape index (κ2) is 9.55. The summed E-state index contributed by atoms with van der Waals surface area (Å²) >= 11 is 0. The fourth-order valence-electron chi connectivity index (χ4n) is 4.81. The molecule has 33 heavy (non-hydrogen) atoms. The van der Waals surface area contributed by atoms with Crippen LogP contribution in [0.25, 0.3) is 0 Å². The van der Waals surface area contributed by atoms with Crippen molar-refractivity contribution in [2.24, 2.45) is 11.7 Å². The first-order chi connectivity index (χ1) is 16.2. The van der Waals surface area contributed by atoms with Gasteiger partial charge in [-0.15, -0.1) is 0 Å². The van der Waals surface area contributed by atoms with Crippen LogP contribution in [0.15, 0.2) is 72.8 Å². The van der Waals surface area contributed by atoms with Crippen LogP contribution in [0, 0.1) is 5.92 Å². The lowest BCUT2D eigenvalue weighted by molar-refractivity contribution is 0.174. The second-order valence-electron chi connectivity index (χ2n) is 8.75. The molecular formula is C27H29N3O3. The number of primary amides is 1. The highest BCUT2D eigenvalue weighted by Crippen LogP contribution is 2.38. The van der Waals surface area contributed by atoms with Crippen molar-refractivity contribution in [2.75, 3.05) is 24.8 Å². The van der Waals surface area contributed by atoms with Crippen LogP contribution in [0.1, 0.15) is 24.0 Å². The fourth-order valence-corrected chi connectivity index (χ4v) is 4.81. The number of hydrogen-bond donors (Lipinski definition) is 1. The van der Waals surface area contributed by atoms with Crippen molar-refractivity contribution < 1.29 is 14.3 Å². The minimum absolute atomic E-state index is 0.187. The summed E-state index contributed by atoms with van der Waals surface area (Å²) in [6, 6.07) is 23.7. The Labute approximate surface area is 194 Å². The molecule has 0 saturated carbocycles. The van der Waals surface area contributed by atoms with Gasteiger partial charge >= 0.3 is 6.03 Å². The highest BCUT2D eigenvalue weighted by atomic mass is 16.7. The van der Waals surface area contributed by atoms with E-state index >= 15 is 0 Å². The predicted molar refractivity (Wildman–Crippen MR) is 129 cm³/mol. The van der Waals surface area contributed by atoms with E-state index in [4.69, 9.17) is 15.2 Å². The molecule has 6 nitrogen and oxygen atoms in total. The molecular weight excluding hydrogens is 414 g/mol. The quantitative estimate of drug-likeness (QED) is 0.576. The number of fused-ring (bicyclic) bond motifs is 1. The van der Waals surface area contributed by atoms with Gasteiger partial charge in [-0.25, -0.2) is 4.79 Å². The van der Waals surface area contributed by atoms with E-state index in [1.54, 1.807) is 11.0 Å². The molecule has 0 aliphatic carbocycles. The highest BCUT2D eigenvalue weighted by Gasteiger charge is 2.24. The number of amides is 2. The third-order valence-electron chi connectivity index (χ3n) is 6.54. The lowest BCUT2D eigenvalue weighted by Gasteiger charge is -2.33. The van der Waals surface area contributed by atoms with Crippen LogP contribution in [0.4, 0.5) is 16.2 Å². The molecule has 0 bridgehead atoms. The molecule has 2 aliphatic rings. The number of urea groups is 1. The molecule has 1 fully saturated rings. The van der Waals surface area contributed by atoms with E-state index in [2.05, 4.69) is 41.3 Å². The topological polar surface area (TPSA) is 68.0 Å². The van der Waals surface area contributed by atoms with Crippen molar-refractivity contribution in [1.29, 1.82) is 0 Å². The first-order valence-electron chi connectivity index (χ1n) is 11.5. The van der Waals surface area contributed by atoms with Crippen molar-refractivity contribution in [1.82, 2.24) is 4.90 Å². The summed E-state index contributed by atoms with van der Waals surface area (Å²) in [5.41, 5.74) is 9.81. The van der Waals surface area contributed by atoms with E-state index in [1.807, 2.05) is 30.3 Å². The van der Waals surface area contributed by atoms with Crippen LogP contribution in [-0.4, -0.2) is 30.8 Å². The first kappa shape index (κ1) is 21.3. The fraction of sp³-hybridized carbons (Fsp3) is 0.296. The summed E-state index contributed by atoms with van der Waals surface area (Å²) in [4.78, 5) is 16.6. The first-order valence-corrected chi connectivity index (χ1v) is 11.5. The molecule has 0 unspecified atom stereocenters. The van der Waals surface area contributed by atoms with Crippen molar-refractivity contribution >= 4 is 17.4 Å². The average Bonchev–Trinajstić information content (AvgIpc) is 3.30. The zero-order valence-electron chi connectivity index (χ0n) is 18.7. The summed E-state index contributed by atoms with van der Waals surface area (Å²) in [6.07, 6.45) is 3.50. The summed E-state index contributed by atoms with van der Waals surface area (Å²) in [6.45, 7) is 3.06. The standard InChI is InChI=1S/C27H29N3O3/c28-27(31)30(23-10-11-25-26(17-23)33-19-32-25)24-9-5-4-8-22(24)18-29-14-12-21(13-15-29)16-20-6-2-1-3-7-20/h1-11,17,21H,12-16,18-19H2,(H2,28,31). The smallest absolute Gasteiger partial charge is 0.323 e. The summed E-state index contributed by atoms with van der Waals surface area (Å²) in [5.74, 6) is 2.01. The van der Waals surface area contributed by atoms with Crippen molar-refractivity contribution in [3.05, 3.63) is 83.9 Å². The number of para-hydroxylation sites is 1. The Kier molecular flexibility index (Phi) is 6.17. The Morgan fingerprint density at radius 3 is 2.45 bits per heavy atom. The number of rotatable bonds is 6. The van der Waals surface area contributed by atoms with E-state index in [9.17, 15) is 4.79 Å². The number of hydrogen-bond acceptors (Lipinski definition) is 4. The van der Waals surface area contributed by atoms with Crippen molar-refractivity contribution in [3.8, 4) is 11.5 Å². The highest BCUT2D eigenvalue weighted by molar-refractivity contribution is 5.99. The van der Waals surface area contributed by atoms with Gasteiger partial charge in [0.2, 0.25) is 6.79 Å². The number of nitrogens with two attached hydrogens (primary N) is 1. The normalized spacial score (nSPS) is 16.0. The molecule has 2 N–H and O–H groups in total. The third kappa shape index (κ3) is 4.81. The summed E-state index contributed by atoms with van der Waals surface area (Å²) < 4.78 is 10.9. The number of ether oxygens (including phenoxy) is 2. The molecule has 0 atom stereocenters. The van der Waals surface area contributed by atoms with Gasteiger partial charge in [0.1, 0.15) is 0 Å². The number of nitrogens with zero attached hydrogens (tertiary/aromatic N) is 2. The van der Waals surface area contributed by atoms with Crippen LogP contribution in [0.5, 0.6) is 11.5 Å². The lowest BCUT2D eigenvalue weighted by Crippen LogP contribution is -2.35. The zero-order chi connectivity index (χ0) is 22.6. The van der Waals surface area contributed by atoms with Gasteiger partial charge in [0.15, 0.2) is 11.5 Å². The van der Waals surface area contributed by atoms with E-state index in [0.29, 0.717) is 17.2 Å². The Balaban J connectivity index is 1.30. The van der Waals surface area contributed by atoms with E-state index in [1.165, 1.54) is 18.4 Å². The molecule has 0 aromatic heterocycles. The molecule has 0 spiro atoms. The van der Waals surface area contributed by atoms with Gasteiger partial charge in [-0.1, -0.05) is 48.5 Å². The maximum Gasteiger partial charge on any atom is 0.323 e. The maximum absolute atomic E-state index is 12.5. The minimum atomic E-state index is -0.525. The zero-order valence-corrected chi connectivity index (χ0v) is 18.7. The van der Waals surface area contributed by atoms with Gasteiger partial charge in [-0.05, 0) is 67.6 Å². The monoisotopic (exact) mass is 443 g/mol. The number of anilines is 2. The van der Waals surface area contributed by atoms with E-state index in [-0.39, 0.29) is 6.79 Å². The molecule has 5 rings (SSSR count). The molecule has 6 heteroatoms. The Bertz CT molecular complexity index is 1110. The van der Waals surface area contributed by atoms with Crippen LogP contribution < -0.4 is 20.1 Å². The van der Waals surface area contributed by atoms with Crippen molar-refractivity contribution in [3.63, 3.8) is 0 Å². The van der Waals surface area contributed by atoms with Gasteiger partial charge in [0, 0.05) is 12.6 Å². The molecule has 2 heterocycles. The van der Waals surface area contributed by atoms with Crippen molar-refractivity contribution in [2.45, 2.75) is 25.8 Å². The predicted octanol–water partition coefficient (Wildman–Crippen LogP) is 5.09. The summed E-state index contributed by atoms with van der Waals surface area (Å²) in [7, 11) is 0. The molecule has 2 aliphatic heterocycles. The largest absolute Gasteiger partial charge is 0.454 e.